The van der Waals surface area contributed by atoms with Crippen molar-refractivity contribution in [2.45, 2.75) is 25.3 Å². The lowest BCUT2D eigenvalue weighted by Gasteiger charge is -2.34. The molecular weight excluding hydrogens is 204 g/mol. The molecule has 1 aromatic rings. The van der Waals surface area contributed by atoms with E-state index >= 15 is 0 Å². The van der Waals surface area contributed by atoms with Crippen molar-refractivity contribution in [3.8, 4) is 0 Å². The number of hydrogen-bond donors (Lipinski definition) is 2. The summed E-state index contributed by atoms with van der Waals surface area (Å²) in [4.78, 5) is 17.1. The zero-order valence-corrected chi connectivity index (χ0v) is 9.10. The highest BCUT2D eigenvalue weighted by Crippen LogP contribution is 2.30. The minimum absolute atomic E-state index is 0.0550. The van der Waals surface area contributed by atoms with E-state index in [0.29, 0.717) is 5.82 Å². The first-order chi connectivity index (χ1) is 7.68. The highest BCUT2D eigenvalue weighted by molar-refractivity contribution is 5.72. The third kappa shape index (κ3) is 2.08. The predicted molar refractivity (Wildman–Crippen MR) is 61.5 cm³/mol. The molecule has 1 fully saturated rings. The molecule has 1 saturated heterocycles. The van der Waals surface area contributed by atoms with Crippen molar-refractivity contribution < 1.29 is 4.79 Å². The maximum atomic E-state index is 11.3. The highest BCUT2D eigenvalue weighted by Gasteiger charge is 2.26. The predicted octanol–water partition coefficient (Wildman–Crippen LogP) is 1.27. The van der Waals surface area contributed by atoms with Crippen LogP contribution in [0.2, 0.25) is 0 Å². The fourth-order valence-corrected chi connectivity index (χ4v) is 2.16. The van der Waals surface area contributed by atoms with Crippen molar-refractivity contribution >= 4 is 11.8 Å². The molecule has 0 radical (unpaired) electrons. The second-order valence-corrected chi connectivity index (χ2v) is 4.06. The number of nitrogens with zero attached hydrogens (tertiary/aromatic N) is 2. The molecule has 16 heavy (non-hydrogen) atoms. The Morgan fingerprint density at radius 3 is 2.88 bits per heavy atom. The number of primary amides is 1. The third-order valence-corrected chi connectivity index (χ3v) is 2.98. The molecule has 86 valence electrons. The number of piperidine rings is 1. The van der Waals surface area contributed by atoms with Gasteiger partial charge in [0.1, 0.15) is 5.82 Å². The molecule has 2 heterocycles. The van der Waals surface area contributed by atoms with E-state index in [1.807, 2.05) is 6.07 Å². The fraction of sp³-hybridized carbons (Fsp3) is 0.455. The Morgan fingerprint density at radius 2 is 2.25 bits per heavy atom. The summed E-state index contributed by atoms with van der Waals surface area (Å²) in [6.07, 6.45) is 4.79. The van der Waals surface area contributed by atoms with Crippen LogP contribution in [-0.2, 0) is 0 Å². The van der Waals surface area contributed by atoms with E-state index in [-0.39, 0.29) is 12.1 Å². The van der Waals surface area contributed by atoms with E-state index < -0.39 is 0 Å². The Balaban J connectivity index is 2.23. The minimum Gasteiger partial charge on any atom is -0.384 e. The van der Waals surface area contributed by atoms with Gasteiger partial charge in [-0.15, -0.1) is 0 Å². The van der Waals surface area contributed by atoms with Crippen LogP contribution in [0.15, 0.2) is 18.3 Å². The standard InChI is InChI=1S/C11H16N4O/c12-10-5-4-8(7-14-10)9-3-1-2-6-15(9)11(13)16/h4-5,7,9H,1-3,6H2,(H2,12,14)(H2,13,16). The van der Waals surface area contributed by atoms with Crippen molar-refractivity contribution in [2.75, 3.05) is 12.3 Å². The summed E-state index contributed by atoms with van der Waals surface area (Å²) in [5.74, 6) is 0.491. The van der Waals surface area contributed by atoms with Crippen molar-refractivity contribution in [1.29, 1.82) is 0 Å². The Labute approximate surface area is 94.4 Å². The number of likely N-dealkylation sites (tertiary alicyclic amines) is 1. The average molecular weight is 220 g/mol. The SMILES string of the molecule is NC(=O)N1CCCCC1c1ccc(N)nc1. The Kier molecular flexibility index (Phi) is 2.94. The van der Waals surface area contributed by atoms with E-state index in [4.69, 9.17) is 11.5 Å². The lowest BCUT2D eigenvalue weighted by atomic mass is 9.97. The number of carbonyl (C=O) groups excluding carboxylic acids is 1. The van der Waals surface area contributed by atoms with Crippen molar-refractivity contribution in [2.24, 2.45) is 5.73 Å². The summed E-state index contributed by atoms with van der Waals surface area (Å²) in [6, 6.07) is 3.36. The summed E-state index contributed by atoms with van der Waals surface area (Å²) < 4.78 is 0. The van der Waals surface area contributed by atoms with Crippen molar-refractivity contribution in [1.82, 2.24) is 9.88 Å². The number of aromatic nitrogens is 1. The van der Waals surface area contributed by atoms with Gasteiger partial charge in [0.2, 0.25) is 0 Å². The number of hydrogen-bond acceptors (Lipinski definition) is 3. The highest BCUT2D eigenvalue weighted by atomic mass is 16.2. The van der Waals surface area contributed by atoms with E-state index in [1.165, 1.54) is 0 Å². The summed E-state index contributed by atoms with van der Waals surface area (Å²) >= 11 is 0. The molecule has 1 atom stereocenters. The second kappa shape index (κ2) is 4.38. The first-order valence-electron chi connectivity index (χ1n) is 5.46. The van der Waals surface area contributed by atoms with Gasteiger partial charge in [0.25, 0.3) is 0 Å². The number of nitrogens with two attached hydrogens (primary N) is 2. The van der Waals surface area contributed by atoms with E-state index in [0.717, 1.165) is 31.4 Å². The van der Waals surface area contributed by atoms with Crippen LogP contribution in [0.5, 0.6) is 0 Å². The third-order valence-electron chi connectivity index (χ3n) is 2.98. The van der Waals surface area contributed by atoms with Gasteiger partial charge in [-0.05, 0) is 30.9 Å². The van der Waals surface area contributed by atoms with Crippen molar-refractivity contribution in [3.63, 3.8) is 0 Å². The van der Waals surface area contributed by atoms with Gasteiger partial charge in [-0.1, -0.05) is 6.07 Å². The molecule has 1 aliphatic rings. The smallest absolute Gasteiger partial charge is 0.315 e. The zero-order chi connectivity index (χ0) is 11.5. The molecule has 1 aromatic heterocycles. The number of pyridine rings is 1. The average Bonchev–Trinajstić information content (AvgIpc) is 2.30. The summed E-state index contributed by atoms with van der Waals surface area (Å²) in [6.45, 7) is 0.727. The molecule has 0 bridgehead atoms. The fourth-order valence-electron chi connectivity index (χ4n) is 2.16. The molecular formula is C11H16N4O. The Bertz CT molecular complexity index is 376. The number of urea groups is 1. The first kappa shape index (κ1) is 10.7. The molecule has 5 nitrogen and oxygen atoms in total. The first-order valence-corrected chi connectivity index (χ1v) is 5.46. The van der Waals surface area contributed by atoms with Crippen LogP contribution in [0.4, 0.5) is 10.6 Å². The molecule has 0 spiro atoms. The van der Waals surface area contributed by atoms with Gasteiger partial charge < -0.3 is 16.4 Å². The van der Waals surface area contributed by atoms with Crippen LogP contribution in [0, 0.1) is 0 Å². The van der Waals surface area contributed by atoms with Crippen LogP contribution < -0.4 is 11.5 Å². The number of anilines is 1. The number of amides is 2. The molecule has 1 unspecified atom stereocenters. The topological polar surface area (TPSA) is 85.2 Å². The van der Waals surface area contributed by atoms with E-state index in [2.05, 4.69) is 4.98 Å². The molecule has 5 heteroatoms. The normalized spacial score (nSPS) is 20.8. The molecule has 1 aliphatic heterocycles. The maximum absolute atomic E-state index is 11.3. The molecule has 4 N–H and O–H groups in total. The summed E-state index contributed by atoms with van der Waals surface area (Å²) in [7, 11) is 0. The number of carbonyl (C=O) groups is 1. The molecule has 0 aliphatic carbocycles. The van der Waals surface area contributed by atoms with Crippen LogP contribution in [0.3, 0.4) is 0 Å². The molecule has 0 saturated carbocycles. The molecule has 2 amide bonds. The van der Waals surface area contributed by atoms with E-state index in [1.54, 1.807) is 17.2 Å². The van der Waals surface area contributed by atoms with Crippen molar-refractivity contribution in [3.05, 3.63) is 23.9 Å². The van der Waals surface area contributed by atoms with Gasteiger partial charge in [0.05, 0.1) is 6.04 Å². The molecule has 2 rings (SSSR count). The second-order valence-electron chi connectivity index (χ2n) is 4.06. The van der Waals surface area contributed by atoms with Crippen LogP contribution in [-0.4, -0.2) is 22.5 Å². The molecule has 0 aromatic carbocycles. The largest absolute Gasteiger partial charge is 0.384 e. The van der Waals surface area contributed by atoms with Gasteiger partial charge in [-0.25, -0.2) is 9.78 Å². The number of nitrogen functional groups attached to an aromatic ring is 1. The monoisotopic (exact) mass is 220 g/mol. The minimum atomic E-state index is -0.360. The van der Waals surface area contributed by atoms with Gasteiger partial charge in [-0.2, -0.15) is 0 Å². The van der Waals surface area contributed by atoms with Gasteiger partial charge in [0.15, 0.2) is 0 Å². The maximum Gasteiger partial charge on any atom is 0.315 e. The Hall–Kier alpha value is -1.78. The van der Waals surface area contributed by atoms with E-state index in [9.17, 15) is 4.79 Å². The zero-order valence-electron chi connectivity index (χ0n) is 9.10. The van der Waals surface area contributed by atoms with Gasteiger partial charge >= 0.3 is 6.03 Å². The quantitative estimate of drug-likeness (QED) is 0.747. The summed E-state index contributed by atoms with van der Waals surface area (Å²) in [5, 5.41) is 0. The van der Waals surface area contributed by atoms with Gasteiger partial charge in [0, 0.05) is 12.7 Å². The number of rotatable bonds is 1. The van der Waals surface area contributed by atoms with Crippen LogP contribution in [0.25, 0.3) is 0 Å². The van der Waals surface area contributed by atoms with Gasteiger partial charge in [-0.3, -0.25) is 0 Å². The van der Waals surface area contributed by atoms with Crippen LogP contribution in [0.1, 0.15) is 30.9 Å². The summed E-state index contributed by atoms with van der Waals surface area (Å²) in [5.41, 5.74) is 11.9. The Morgan fingerprint density at radius 1 is 1.44 bits per heavy atom. The lowest BCUT2D eigenvalue weighted by molar-refractivity contribution is 0.160. The van der Waals surface area contributed by atoms with Crippen LogP contribution >= 0.6 is 0 Å². The lowest BCUT2D eigenvalue weighted by Crippen LogP contribution is -2.41.